The molecule has 1 unspecified atom stereocenters. The molecule has 1 spiro atoms. The minimum absolute atomic E-state index is 0.0487. The Morgan fingerprint density at radius 1 is 1.02 bits per heavy atom. The number of hydrogen-bond donors (Lipinski definition) is 4. The van der Waals surface area contributed by atoms with E-state index in [2.05, 4.69) is 32.7 Å². The number of anilines is 1. The maximum Gasteiger partial charge on any atom is 0.251 e. The maximum atomic E-state index is 13.0. The number of likely N-dealkylation sites (tertiary alicyclic amines) is 1. The average Bonchev–Trinajstić information content (AvgIpc) is 3.56. The zero-order valence-corrected chi connectivity index (χ0v) is 27.2. The van der Waals surface area contributed by atoms with Crippen molar-refractivity contribution in [1.29, 1.82) is 0 Å². The predicted molar refractivity (Wildman–Crippen MR) is 179 cm³/mol. The summed E-state index contributed by atoms with van der Waals surface area (Å²) in [6.45, 7) is 3.75. The summed E-state index contributed by atoms with van der Waals surface area (Å²) >= 11 is 0. The number of nitrogens with zero attached hydrogens (tertiary/aromatic N) is 3. The molecule has 1 saturated carbocycles. The summed E-state index contributed by atoms with van der Waals surface area (Å²) in [5.41, 5.74) is 4.46. The molecule has 1 saturated heterocycles. The van der Waals surface area contributed by atoms with Crippen molar-refractivity contribution in [3.8, 4) is 17.0 Å². The van der Waals surface area contributed by atoms with Gasteiger partial charge in [-0.25, -0.2) is 4.98 Å². The lowest BCUT2D eigenvalue weighted by Gasteiger charge is -2.44. The Kier molecular flexibility index (Phi) is 9.94. The van der Waals surface area contributed by atoms with Gasteiger partial charge in [0.15, 0.2) is 0 Å². The van der Waals surface area contributed by atoms with Crippen molar-refractivity contribution >= 4 is 17.5 Å². The second-order valence-electron chi connectivity index (χ2n) is 13.2. The summed E-state index contributed by atoms with van der Waals surface area (Å²) in [5, 5.41) is 20.0. The van der Waals surface area contributed by atoms with E-state index in [1.165, 1.54) is 38.5 Å². The normalized spacial score (nSPS) is 20.2. The van der Waals surface area contributed by atoms with Gasteiger partial charge in [-0.05, 0) is 80.6 Å². The van der Waals surface area contributed by atoms with Crippen LogP contribution in [0.5, 0.6) is 5.75 Å². The van der Waals surface area contributed by atoms with Gasteiger partial charge in [0.2, 0.25) is 5.91 Å². The highest BCUT2D eigenvalue weighted by Gasteiger charge is 2.41. The number of methoxy groups -OCH3 is 1. The van der Waals surface area contributed by atoms with Crippen LogP contribution in [0.2, 0.25) is 0 Å². The fourth-order valence-corrected chi connectivity index (χ4v) is 7.41. The van der Waals surface area contributed by atoms with Gasteiger partial charge in [0.1, 0.15) is 17.7 Å². The smallest absolute Gasteiger partial charge is 0.251 e. The van der Waals surface area contributed by atoms with Crippen molar-refractivity contribution in [2.75, 3.05) is 38.6 Å². The van der Waals surface area contributed by atoms with E-state index in [-0.39, 0.29) is 36.2 Å². The molecule has 10 nitrogen and oxygen atoms in total. The van der Waals surface area contributed by atoms with E-state index in [1.54, 1.807) is 12.0 Å². The number of carbonyl (C=O) groups is 2. The summed E-state index contributed by atoms with van der Waals surface area (Å²) in [4.78, 5) is 32.3. The molecule has 1 atom stereocenters. The molecule has 1 aliphatic carbocycles. The van der Waals surface area contributed by atoms with Crippen LogP contribution in [0.3, 0.4) is 0 Å². The van der Waals surface area contributed by atoms with Crippen LogP contribution in [0.25, 0.3) is 11.3 Å². The molecule has 2 amide bonds. The van der Waals surface area contributed by atoms with Gasteiger partial charge in [-0.2, -0.15) is 0 Å². The molecule has 6 rings (SSSR count). The number of piperidine rings is 1. The topological polar surface area (TPSA) is 121 Å². The summed E-state index contributed by atoms with van der Waals surface area (Å²) in [7, 11) is 1.69. The number of fused-ring (bicyclic) bond motifs is 2. The highest BCUT2D eigenvalue weighted by molar-refractivity contribution is 5.98. The van der Waals surface area contributed by atoms with Crippen LogP contribution >= 0.6 is 0 Å². The number of ether oxygens (including phenoxy) is 1. The van der Waals surface area contributed by atoms with E-state index in [0.29, 0.717) is 31.5 Å². The third kappa shape index (κ3) is 6.93. The van der Waals surface area contributed by atoms with Crippen LogP contribution in [0.1, 0.15) is 92.1 Å². The number of benzene rings is 2. The average molecular weight is 629 g/mol. The number of amides is 2. The van der Waals surface area contributed by atoms with Crippen LogP contribution in [-0.2, 0) is 10.3 Å². The monoisotopic (exact) mass is 628 g/mol. The third-order valence-corrected chi connectivity index (χ3v) is 10.1. The quantitative estimate of drug-likeness (QED) is 0.287. The van der Waals surface area contributed by atoms with Crippen molar-refractivity contribution in [3.05, 3.63) is 65.6 Å². The van der Waals surface area contributed by atoms with Crippen LogP contribution in [0.4, 0.5) is 5.69 Å². The molecular formula is C36H48N6O4. The van der Waals surface area contributed by atoms with Crippen LogP contribution in [0.15, 0.2) is 48.7 Å². The number of nitrogens with one attached hydrogen (secondary N) is 3. The first-order valence-electron chi connectivity index (χ1n) is 16.9. The fraction of sp³-hybridized carbons (Fsp3) is 0.528. The van der Waals surface area contributed by atoms with Crippen molar-refractivity contribution in [1.82, 2.24) is 25.1 Å². The van der Waals surface area contributed by atoms with Crippen LogP contribution in [-0.4, -0.2) is 70.8 Å². The molecule has 2 aliphatic heterocycles. The lowest BCUT2D eigenvalue weighted by atomic mass is 9.84. The second-order valence-corrected chi connectivity index (χ2v) is 13.2. The number of aliphatic hydroxyl groups is 1. The van der Waals surface area contributed by atoms with Crippen molar-refractivity contribution in [3.63, 3.8) is 0 Å². The molecule has 3 aliphatic rings. The second kappa shape index (κ2) is 14.3. The molecule has 2 fully saturated rings. The van der Waals surface area contributed by atoms with E-state index in [1.807, 2.05) is 43.5 Å². The highest BCUT2D eigenvalue weighted by Crippen LogP contribution is 2.41. The Morgan fingerprint density at radius 3 is 2.39 bits per heavy atom. The van der Waals surface area contributed by atoms with Crippen molar-refractivity contribution < 1.29 is 19.4 Å². The van der Waals surface area contributed by atoms with Crippen LogP contribution < -0.4 is 20.7 Å². The van der Waals surface area contributed by atoms with Gasteiger partial charge in [-0.15, -0.1) is 0 Å². The van der Waals surface area contributed by atoms with Gasteiger partial charge in [0.25, 0.3) is 5.91 Å². The standard InChI is InChI=1S/C36H48N6O4/c1-25-21-27(11-14-30(25)35(45)38-23-32(44)41-19-15-28(43)16-20-41)40-33-34-37-22-31(26-9-12-29(46-2)13-10-26)42(34)36(24-39-33)17-7-5-3-4-6-8-18-36/h9-14,21-22,28,33,39-40,43H,3-8,15-20,23-24H2,1-2H3,(H,38,45). The Labute approximate surface area is 271 Å². The Balaban J connectivity index is 1.20. The molecule has 246 valence electrons. The Bertz CT molecular complexity index is 1500. The first-order chi connectivity index (χ1) is 22.4. The first-order valence-corrected chi connectivity index (χ1v) is 16.9. The Hall–Kier alpha value is -3.89. The van der Waals surface area contributed by atoms with Gasteiger partial charge < -0.3 is 29.9 Å². The largest absolute Gasteiger partial charge is 0.497 e. The zero-order valence-electron chi connectivity index (χ0n) is 27.2. The number of aliphatic hydroxyl groups excluding tert-OH is 1. The van der Waals surface area contributed by atoms with Gasteiger partial charge >= 0.3 is 0 Å². The van der Waals surface area contributed by atoms with Gasteiger partial charge in [-0.1, -0.05) is 38.5 Å². The minimum Gasteiger partial charge on any atom is -0.497 e. The van der Waals surface area contributed by atoms with Crippen molar-refractivity contribution in [2.45, 2.75) is 88.9 Å². The number of hydrogen-bond acceptors (Lipinski definition) is 7. The molecule has 46 heavy (non-hydrogen) atoms. The SMILES string of the molecule is COc1ccc(-c2cnc3n2C2(CCCCCCCC2)CNC3Nc2ccc(C(=O)NCC(=O)N3CCC(O)CC3)c(C)c2)cc1. The maximum absolute atomic E-state index is 13.0. The minimum atomic E-state index is -0.347. The summed E-state index contributed by atoms with van der Waals surface area (Å²) in [6, 6.07) is 14.0. The van der Waals surface area contributed by atoms with Gasteiger partial charge in [-0.3, -0.25) is 14.9 Å². The van der Waals surface area contributed by atoms with E-state index < -0.39 is 0 Å². The molecule has 1 aromatic heterocycles. The molecular weight excluding hydrogens is 580 g/mol. The van der Waals surface area contributed by atoms with E-state index in [9.17, 15) is 14.7 Å². The summed E-state index contributed by atoms with van der Waals surface area (Å²) in [5.74, 6) is 1.41. The highest BCUT2D eigenvalue weighted by atomic mass is 16.5. The summed E-state index contributed by atoms with van der Waals surface area (Å²) < 4.78 is 7.95. The van der Waals surface area contributed by atoms with Gasteiger partial charge in [0.05, 0.1) is 37.2 Å². The third-order valence-electron chi connectivity index (χ3n) is 10.1. The fourth-order valence-electron chi connectivity index (χ4n) is 7.41. The molecule has 0 bridgehead atoms. The lowest BCUT2D eigenvalue weighted by molar-refractivity contribution is -0.132. The molecule has 4 N–H and O–H groups in total. The van der Waals surface area contributed by atoms with E-state index in [0.717, 1.165) is 53.5 Å². The van der Waals surface area contributed by atoms with E-state index >= 15 is 0 Å². The Morgan fingerprint density at radius 2 is 1.72 bits per heavy atom. The number of carbonyl (C=O) groups excluding carboxylic acids is 2. The molecule has 3 aromatic rings. The summed E-state index contributed by atoms with van der Waals surface area (Å²) in [6.07, 6.45) is 12.4. The van der Waals surface area contributed by atoms with E-state index in [4.69, 9.17) is 9.72 Å². The number of rotatable bonds is 7. The molecule has 3 heterocycles. The zero-order chi connectivity index (χ0) is 32.1. The number of aromatic nitrogens is 2. The predicted octanol–water partition coefficient (Wildman–Crippen LogP) is 5.12. The van der Waals surface area contributed by atoms with Gasteiger partial charge in [0, 0.05) is 36.4 Å². The van der Waals surface area contributed by atoms with Crippen LogP contribution in [0, 0.1) is 6.92 Å². The first kappa shape index (κ1) is 32.1. The van der Waals surface area contributed by atoms with Crippen molar-refractivity contribution in [2.24, 2.45) is 0 Å². The molecule has 10 heteroatoms. The molecule has 0 radical (unpaired) electrons. The molecule has 2 aromatic carbocycles. The number of imidazole rings is 1. The number of aryl methyl sites for hydroxylation is 1. The lowest BCUT2D eigenvalue weighted by Crippen LogP contribution is -2.52.